The molecule has 3 aliphatic heterocycles. The number of thiazole rings is 1. The van der Waals surface area contributed by atoms with Crippen LogP contribution in [0.1, 0.15) is 60.8 Å². The molecule has 0 aliphatic carbocycles. The minimum atomic E-state index is -5.06. The van der Waals surface area contributed by atoms with Crippen LogP contribution in [0.3, 0.4) is 0 Å². The summed E-state index contributed by atoms with van der Waals surface area (Å²) in [5.74, 6) is -4.88. The highest BCUT2D eigenvalue weighted by Crippen LogP contribution is 2.35. The van der Waals surface area contributed by atoms with Crippen molar-refractivity contribution >= 4 is 40.9 Å². The minimum absolute atomic E-state index is 0.0297. The number of carbonyl (C=O) groups excluding carboxylic acids is 4. The van der Waals surface area contributed by atoms with Crippen molar-refractivity contribution in [2.24, 2.45) is 11.7 Å². The van der Waals surface area contributed by atoms with Gasteiger partial charge < -0.3 is 40.7 Å². The highest BCUT2D eigenvalue weighted by Gasteiger charge is 2.51. The van der Waals surface area contributed by atoms with Crippen LogP contribution in [0.25, 0.3) is 10.4 Å². The van der Waals surface area contributed by atoms with Crippen molar-refractivity contribution in [3.05, 3.63) is 70.4 Å². The SMILES string of the molecule is Cc1ncsc1-c1ccc(CNC(=O)[C@@H]2C[C@@H](Oc3ccc4c(c3)C(=O)N([C@H](C(=O)N3C[C@](C)(O)C[C@H]3C(=O)O)C(C)C)C4)CN2C(=O)C(N)C(F)(F)F)cc1. The Labute approximate surface area is 324 Å². The second-order valence-corrected chi connectivity index (χ2v) is 16.0. The average molecular weight is 801 g/mol. The zero-order valence-electron chi connectivity index (χ0n) is 31.1. The molecule has 0 saturated carbocycles. The van der Waals surface area contributed by atoms with Gasteiger partial charge in [0.1, 0.15) is 30.0 Å². The van der Waals surface area contributed by atoms with E-state index in [9.17, 15) is 47.4 Å². The summed E-state index contributed by atoms with van der Waals surface area (Å²) < 4.78 is 46.8. The molecule has 2 fully saturated rings. The highest BCUT2D eigenvalue weighted by molar-refractivity contribution is 7.13. The number of aliphatic hydroxyl groups is 1. The number of likely N-dealkylation sites (tertiary alicyclic amines) is 2. The van der Waals surface area contributed by atoms with Crippen LogP contribution >= 0.6 is 11.3 Å². The quantitative estimate of drug-likeness (QED) is 0.224. The van der Waals surface area contributed by atoms with Crippen LogP contribution in [-0.2, 0) is 32.3 Å². The first-order chi connectivity index (χ1) is 26.3. The van der Waals surface area contributed by atoms with E-state index in [1.165, 1.54) is 29.2 Å². The standard InChI is InChI=1S/C38H43F3N6O8S/c1-19(2)29(34(50)47-17-37(4,54)13-28(47)36(52)53)46-15-23-9-10-24(11-26(23)33(46)49)55-25-12-27(45(16-25)35(51)31(42)38(39,40)41)32(48)43-14-21-5-7-22(8-6-21)30-20(3)44-18-56-30/h5-11,18-19,25,27-29,31,54H,12-17,42H2,1-4H3,(H,43,48)(H,52,53)/t25-,27+,28+,29+,31?,37-/m1/s1. The lowest BCUT2D eigenvalue weighted by Gasteiger charge is -2.34. The van der Waals surface area contributed by atoms with Crippen LogP contribution in [0.5, 0.6) is 5.75 Å². The van der Waals surface area contributed by atoms with Gasteiger partial charge in [0.05, 0.1) is 34.8 Å². The number of carboxylic acid groups (broad SMARTS) is 1. The van der Waals surface area contributed by atoms with E-state index in [0.717, 1.165) is 25.9 Å². The largest absolute Gasteiger partial charge is 0.488 e. The van der Waals surface area contributed by atoms with E-state index in [1.807, 2.05) is 19.1 Å². The predicted octanol–water partition coefficient (Wildman–Crippen LogP) is 3.09. The number of amides is 4. The molecule has 0 bridgehead atoms. The Morgan fingerprint density at radius 1 is 1.09 bits per heavy atom. The maximum atomic E-state index is 13.8. The molecule has 4 amide bonds. The molecule has 300 valence electrons. The number of halogens is 3. The monoisotopic (exact) mass is 800 g/mol. The summed E-state index contributed by atoms with van der Waals surface area (Å²) in [6.45, 7) is 6.25. The number of ether oxygens (including phenoxy) is 1. The summed E-state index contributed by atoms with van der Waals surface area (Å²) in [6, 6.07) is 5.39. The number of carboxylic acids is 1. The first-order valence-corrected chi connectivity index (χ1v) is 18.9. The number of rotatable bonds is 11. The van der Waals surface area contributed by atoms with Gasteiger partial charge in [-0.2, -0.15) is 13.2 Å². The summed E-state index contributed by atoms with van der Waals surface area (Å²) in [5.41, 5.74) is 8.89. The summed E-state index contributed by atoms with van der Waals surface area (Å²) in [7, 11) is 0. The summed E-state index contributed by atoms with van der Waals surface area (Å²) in [6.07, 6.45) is -6.34. The third kappa shape index (κ3) is 8.22. The zero-order chi connectivity index (χ0) is 40.9. The Bertz CT molecular complexity index is 2020. The number of aromatic nitrogens is 1. The topological polar surface area (TPSA) is 196 Å². The Hall–Kier alpha value is -5.07. The number of β-amino-alcohol motifs (C(OH)–C–C–N with tert-alkyl or cyclic N) is 1. The predicted molar refractivity (Wildman–Crippen MR) is 196 cm³/mol. The lowest BCUT2D eigenvalue weighted by atomic mass is 10.0. The molecule has 3 aliphatic rings. The first kappa shape index (κ1) is 40.6. The molecule has 5 N–H and O–H groups in total. The van der Waals surface area contributed by atoms with Crippen molar-refractivity contribution in [2.45, 2.75) is 95.7 Å². The van der Waals surface area contributed by atoms with Crippen LogP contribution in [0.2, 0.25) is 0 Å². The first-order valence-electron chi connectivity index (χ1n) is 18.0. The van der Waals surface area contributed by atoms with E-state index in [4.69, 9.17) is 10.5 Å². The van der Waals surface area contributed by atoms with Gasteiger partial charge in [-0.3, -0.25) is 19.2 Å². The molecular weight excluding hydrogens is 758 g/mol. The van der Waals surface area contributed by atoms with Crippen molar-refractivity contribution in [3.63, 3.8) is 0 Å². The molecule has 0 spiro atoms. The van der Waals surface area contributed by atoms with Crippen LogP contribution in [0.15, 0.2) is 48.0 Å². The number of hydrogen-bond acceptors (Lipinski definition) is 10. The van der Waals surface area contributed by atoms with Crippen molar-refractivity contribution in [3.8, 4) is 16.2 Å². The average Bonchev–Trinajstić information content (AvgIpc) is 3.91. The molecule has 1 unspecified atom stereocenters. The van der Waals surface area contributed by atoms with Gasteiger partial charge in [0.15, 0.2) is 6.04 Å². The van der Waals surface area contributed by atoms with E-state index in [-0.39, 0.29) is 43.8 Å². The fourth-order valence-corrected chi connectivity index (χ4v) is 8.43. The highest BCUT2D eigenvalue weighted by atomic mass is 32.1. The van der Waals surface area contributed by atoms with Crippen molar-refractivity contribution < 1.29 is 52.1 Å². The molecule has 3 aromatic rings. The van der Waals surface area contributed by atoms with Crippen LogP contribution in [0.4, 0.5) is 13.2 Å². The Kier molecular flexibility index (Phi) is 11.2. The maximum Gasteiger partial charge on any atom is 0.412 e. The number of hydrogen-bond donors (Lipinski definition) is 4. The molecule has 6 atom stereocenters. The third-order valence-electron chi connectivity index (χ3n) is 10.4. The van der Waals surface area contributed by atoms with Crippen LogP contribution in [-0.4, -0.2) is 115 Å². The van der Waals surface area contributed by atoms with E-state index < -0.39 is 84.1 Å². The normalized spacial score (nSPS) is 23.4. The molecule has 4 heterocycles. The summed E-state index contributed by atoms with van der Waals surface area (Å²) in [4.78, 5) is 74.7. The second-order valence-electron chi connectivity index (χ2n) is 15.1. The lowest BCUT2D eigenvalue weighted by Crippen LogP contribution is -2.55. The molecule has 6 rings (SSSR count). The maximum absolute atomic E-state index is 13.8. The number of aliphatic carboxylic acids is 1. The van der Waals surface area contributed by atoms with Gasteiger partial charge in [0.2, 0.25) is 17.7 Å². The molecule has 0 radical (unpaired) electrons. The lowest BCUT2D eigenvalue weighted by molar-refractivity contribution is -0.171. The second kappa shape index (κ2) is 15.5. The summed E-state index contributed by atoms with van der Waals surface area (Å²) >= 11 is 1.49. The zero-order valence-corrected chi connectivity index (χ0v) is 31.9. The molecule has 2 aromatic carbocycles. The van der Waals surface area contributed by atoms with E-state index in [0.29, 0.717) is 11.1 Å². The molecule has 2 saturated heterocycles. The molecule has 56 heavy (non-hydrogen) atoms. The molecular formula is C38H43F3N6O8S. The fraction of sp³-hybridized carbons (Fsp3) is 0.474. The summed E-state index contributed by atoms with van der Waals surface area (Å²) in [5, 5.41) is 23.1. The van der Waals surface area contributed by atoms with Gasteiger partial charge in [0, 0.05) is 31.5 Å². The van der Waals surface area contributed by atoms with Gasteiger partial charge in [-0.25, -0.2) is 9.78 Å². The van der Waals surface area contributed by atoms with E-state index in [1.54, 1.807) is 43.6 Å². The van der Waals surface area contributed by atoms with Crippen molar-refractivity contribution in [2.75, 3.05) is 13.1 Å². The third-order valence-corrected chi connectivity index (χ3v) is 11.4. The van der Waals surface area contributed by atoms with Gasteiger partial charge in [-0.15, -0.1) is 11.3 Å². The van der Waals surface area contributed by atoms with Gasteiger partial charge in [-0.05, 0) is 48.6 Å². The Morgan fingerprint density at radius 2 is 1.79 bits per heavy atom. The number of nitrogens with zero attached hydrogens (tertiary/aromatic N) is 4. The Morgan fingerprint density at radius 3 is 2.39 bits per heavy atom. The number of nitrogens with two attached hydrogens (primary N) is 1. The smallest absolute Gasteiger partial charge is 0.412 e. The van der Waals surface area contributed by atoms with E-state index in [2.05, 4.69) is 10.3 Å². The molecule has 1 aromatic heterocycles. The number of carbonyl (C=O) groups is 5. The fourth-order valence-electron chi connectivity index (χ4n) is 7.62. The number of nitrogens with one attached hydrogen (secondary N) is 1. The van der Waals surface area contributed by atoms with Gasteiger partial charge >= 0.3 is 12.1 Å². The number of aryl methyl sites for hydroxylation is 1. The molecule has 14 nitrogen and oxygen atoms in total. The molecule has 18 heteroatoms. The minimum Gasteiger partial charge on any atom is -0.488 e. The number of alkyl halides is 3. The number of benzene rings is 2. The Balaban J connectivity index is 1.16. The van der Waals surface area contributed by atoms with Crippen molar-refractivity contribution in [1.29, 1.82) is 0 Å². The van der Waals surface area contributed by atoms with Crippen LogP contribution < -0.4 is 15.8 Å². The van der Waals surface area contributed by atoms with Gasteiger partial charge in [0.25, 0.3) is 5.91 Å². The van der Waals surface area contributed by atoms with Gasteiger partial charge in [-0.1, -0.05) is 44.2 Å². The van der Waals surface area contributed by atoms with Crippen LogP contribution in [0, 0.1) is 12.8 Å². The van der Waals surface area contributed by atoms with E-state index >= 15 is 0 Å². The number of fused-ring (bicyclic) bond motifs is 1. The van der Waals surface area contributed by atoms with Crippen molar-refractivity contribution in [1.82, 2.24) is 25.0 Å².